The first-order valence-electron chi connectivity index (χ1n) is 18.5. The Morgan fingerprint density at radius 2 is 1.25 bits per heavy atom. The summed E-state index contributed by atoms with van der Waals surface area (Å²) in [6, 6.07) is 38.6. The number of ether oxygens (including phenoxy) is 1. The second kappa shape index (κ2) is 11.8. The van der Waals surface area contributed by atoms with Crippen LogP contribution in [0.4, 0.5) is 0 Å². The summed E-state index contributed by atoms with van der Waals surface area (Å²) in [6.07, 6.45) is 3.91. The lowest BCUT2D eigenvalue weighted by atomic mass is 9.74. The summed E-state index contributed by atoms with van der Waals surface area (Å²) in [5.41, 5.74) is 11.7. The smallest absolute Gasteiger partial charge is 0.145 e. The van der Waals surface area contributed by atoms with E-state index in [-0.39, 0.29) is 10.8 Å². The number of hydrogen-bond acceptors (Lipinski definition) is 3. The van der Waals surface area contributed by atoms with E-state index in [4.69, 9.17) is 14.7 Å². The SMILES string of the molecule is Cc1cccc(C)c1-c1cnc2c3cc(Oc4ccc5c6ccccc6n(-c6ccccn6)c5c4)ccc3c3ccc(C(C)(C)C)c(C(C)(C)C)c3n12. The molecule has 4 aromatic heterocycles. The Morgan fingerprint density at radius 1 is 0.566 bits per heavy atom. The van der Waals surface area contributed by atoms with Gasteiger partial charge in [-0.3, -0.25) is 8.97 Å². The Balaban J connectivity index is 1.29. The van der Waals surface area contributed by atoms with Crippen LogP contribution in [-0.2, 0) is 10.8 Å². The third-order valence-corrected chi connectivity index (χ3v) is 10.7. The van der Waals surface area contributed by atoms with Gasteiger partial charge < -0.3 is 4.74 Å². The highest BCUT2D eigenvalue weighted by atomic mass is 16.5. The molecule has 0 aliphatic carbocycles. The minimum atomic E-state index is -0.121. The third-order valence-electron chi connectivity index (χ3n) is 10.7. The van der Waals surface area contributed by atoms with Crippen molar-refractivity contribution in [2.45, 2.75) is 66.2 Å². The van der Waals surface area contributed by atoms with Crippen LogP contribution in [0.15, 0.2) is 122 Å². The molecule has 0 saturated carbocycles. The van der Waals surface area contributed by atoms with Gasteiger partial charge in [-0.1, -0.05) is 96.1 Å². The summed E-state index contributed by atoms with van der Waals surface area (Å²) >= 11 is 0. The molecule has 53 heavy (non-hydrogen) atoms. The fourth-order valence-corrected chi connectivity index (χ4v) is 8.48. The van der Waals surface area contributed by atoms with E-state index >= 15 is 0 Å². The number of nitrogens with zero attached hydrogens (tertiary/aromatic N) is 4. The first-order valence-corrected chi connectivity index (χ1v) is 18.5. The summed E-state index contributed by atoms with van der Waals surface area (Å²) < 4.78 is 11.4. The number of aryl methyl sites for hydroxylation is 2. The first kappa shape index (κ1) is 32.9. The summed E-state index contributed by atoms with van der Waals surface area (Å²) in [5, 5.41) is 5.77. The molecule has 5 heteroatoms. The highest BCUT2D eigenvalue weighted by Crippen LogP contribution is 2.44. The second-order valence-corrected chi connectivity index (χ2v) is 16.5. The highest BCUT2D eigenvalue weighted by Gasteiger charge is 2.30. The van der Waals surface area contributed by atoms with Gasteiger partial charge >= 0.3 is 0 Å². The van der Waals surface area contributed by atoms with Gasteiger partial charge in [0.2, 0.25) is 0 Å². The van der Waals surface area contributed by atoms with Gasteiger partial charge in [-0.15, -0.1) is 0 Å². The molecule has 0 unspecified atom stereocenters. The minimum Gasteiger partial charge on any atom is -0.457 e. The van der Waals surface area contributed by atoms with Crippen molar-refractivity contribution in [2.24, 2.45) is 0 Å². The number of hydrogen-bond donors (Lipinski definition) is 0. The van der Waals surface area contributed by atoms with Crippen molar-refractivity contribution in [1.82, 2.24) is 18.9 Å². The first-order chi connectivity index (χ1) is 25.4. The van der Waals surface area contributed by atoms with Crippen LogP contribution in [0.3, 0.4) is 0 Å². The van der Waals surface area contributed by atoms with E-state index in [0.29, 0.717) is 0 Å². The number of benzene rings is 5. The molecule has 0 bridgehead atoms. The zero-order valence-corrected chi connectivity index (χ0v) is 31.7. The molecule has 5 aromatic carbocycles. The van der Waals surface area contributed by atoms with E-state index in [1.54, 1.807) is 0 Å². The predicted molar refractivity (Wildman–Crippen MR) is 221 cm³/mol. The van der Waals surface area contributed by atoms with Crippen LogP contribution in [-0.4, -0.2) is 18.9 Å². The molecule has 9 aromatic rings. The number of imidazole rings is 1. The van der Waals surface area contributed by atoms with Gasteiger partial charge in [-0.25, -0.2) is 9.97 Å². The van der Waals surface area contributed by atoms with Crippen molar-refractivity contribution in [1.29, 1.82) is 0 Å². The molecule has 0 N–H and O–H groups in total. The molecule has 0 radical (unpaired) electrons. The van der Waals surface area contributed by atoms with Crippen LogP contribution in [0.2, 0.25) is 0 Å². The standard InChI is InChI=1S/C48H44N4O/c1-29-14-13-15-30(2)43(29)41-28-50-46-37-26-31(19-21-33(37)36-23-24-38(47(3,4)5)44(48(6,7)8)45(36)52(41)46)53-32-20-22-35-34-16-9-10-17-39(34)51(40(35)27-32)42-18-11-12-25-49-42/h9-28H,1-8H3. The molecule has 4 heterocycles. The van der Waals surface area contributed by atoms with Crippen molar-refractivity contribution < 1.29 is 4.74 Å². The molecule has 5 nitrogen and oxygen atoms in total. The molecule has 0 fully saturated rings. The maximum absolute atomic E-state index is 6.74. The second-order valence-electron chi connectivity index (χ2n) is 16.5. The zero-order chi connectivity index (χ0) is 36.8. The molecule has 0 aliphatic heterocycles. The molecule has 262 valence electrons. The Bertz CT molecular complexity index is 2880. The summed E-state index contributed by atoms with van der Waals surface area (Å²) in [4.78, 5) is 9.94. The van der Waals surface area contributed by atoms with Crippen LogP contribution in [0.1, 0.15) is 63.8 Å². The van der Waals surface area contributed by atoms with Gasteiger partial charge in [0.25, 0.3) is 0 Å². The van der Waals surface area contributed by atoms with Crippen molar-refractivity contribution >= 4 is 49.1 Å². The maximum Gasteiger partial charge on any atom is 0.145 e. The van der Waals surface area contributed by atoms with Crippen LogP contribution in [0.25, 0.3) is 66.2 Å². The van der Waals surface area contributed by atoms with E-state index in [1.165, 1.54) is 44.1 Å². The lowest BCUT2D eigenvalue weighted by molar-refractivity contribution is 0.484. The van der Waals surface area contributed by atoms with Crippen molar-refractivity contribution in [3.05, 3.63) is 144 Å². The number of para-hydroxylation sites is 1. The van der Waals surface area contributed by atoms with Crippen molar-refractivity contribution in [2.75, 3.05) is 0 Å². The van der Waals surface area contributed by atoms with Crippen LogP contribution in [0, 0.1) is 13.8 Å². The van der Waals surface area contributed by atoms with Crippen molar-refractivity contribution in [3.8, 4) is 28.6 Å². The van der Waals surface area contributed by atoms with Gasteiger partial charge in [-0.2, -0.15) is 0 Å². The number of aromatic nitrogens is 4. The van der Waals surface area contributed by atoms with Gasteiger partial charge in [0.15, 0.2) is 0 Å². The van der Waals surface area contributed by atoms with Gasteiger partial charge in [-0.05, 0) is 101 Å². The molecule has 9 rings (SSSR count). The fraction of sp³-hybridized carbons (Fsp3) is 0.208. The number of pyridine rings is 2. The topological polar surface area (TPSA) is 44.3 Å². The largest absolute Gasteiger partial charge is 0.457 e. The molecule has 0 aliphatic rings. The fourth-order valence-electron chi connectivity index (χ4n) is 8.48. The van der Waals surface area contributed by atoms with Gasteiger partial charge in [0.1, 0.15) is 23.0 Å². The lowest BCUT2D eigenvalue weighted by Crippen LogP contribution is -2.23. The minimum absolute atomic E-state index is 0.0432. The van der Waals surface area contributed by atoms with Crippen LogP contribution < -0.4 is 4.74 Å². The quantitative estimate of drug-likeness (QED) is 0.172. The highest BCUT2D eigenvalue weighted by molar-refractivity contribution is 6.14. The molecule has 0 atom stereocenters. The monoisotopic (exact) mass is 692 g/mol. The van der Waals surface area contributed by atoms with Crippen LogP contribution in [0.5, 0.6) is 11.5 Å². The molecule has 0 saturated heterocycles. The van der Waals surface area contributed by atoms with E-state index in [1.807, 2.05) is 24.4 Å². The van der Waals surface area contributed by atoms with Crippen LogP contribution >= 0.6 is 0 Å². The lowest BCUT2D eigenvalue weighted by Gasteiger charge is -2.32. The molecular weight excluding hydrogens is 649 g/mol. The maximum atomic E-state index is 6.74. The normalized spacial score (nSPS) is 12.5. The van der Waals surface area contributed by atoms with E-state index in [9.17, 15) is 0 Å². The molecule has 0 amide bonds. The Morgan fingerprint density at radius 3 is 1.96 bits per heavy atom. The number of rotatable bonds is 4. The Kier molecular flexibility index (Phi) is 7.33. The molecule has 0 spiro atoms. The summed E-state index contributed by atoms with van der Waals surface area (Å²) in [6.45, 7) is 18.4. The average Bonchev–Trinajstić information content (AvgIpc) is 3.70. The number of fused-ring (bicyclic) bond motifs is 9. The average molecular weight is 693 g/mol. The van der Waals surface area contributed by atoms with Crippen molar-refractivity contribution in [3.63, 3.8) is 0 Å². The Hall–Kier alpha value is -5.94. The van der Waals surface area contributed by atoms with E-state index in [2.05, 4.69) is 162 Å². The summed E-state index contributed by atoms with van der Waals surface area (Å²) in [7, 11) is 0. The molecular formula is C48H44N4O. The third kappa shape index (κ3) is 5.21. The summed E-state index contributed by atoms with van der Waals surface area (Å²) in [5.74, 6) is 2.40. The predicted octanol–water partition coefficient (Wildman–Crippen LogP) is 12.8. The zero-order valence-electron chi connectivity index (χ0n) is 31.7. The van der Waals surface area contributed by atoms with Gasteiger partial charge in [0, 0.05) is 39.4 Å². The van der Waals surface area contributed by atoms with E-state index in [0.717, 1.165) is 55.9 Å². The van der Waals surface area contributed by atoms with Gasteiger partial charge in [0.05, 0.1) is 28.4 Å². The Labute approximate surface area is 310 Å². The van der Waals surface area contributed by atoms with E-state index < -0.39 is 0 Å².